The molecule has 108 valence electrons. The molecule has 0 amide bonds. The number of ether oxygens (including phenoxy) is 1. The lowest BCUT2D eigenvalue weighted by Gasteiger charge is -2.09. The number of anilines is 1. The third kappa shape index (κ3) is 6.07. The van der Waals surface area contributed by atoms with E-state index in [1.165, 1.54) is 6.07 Å². The van der Waals surface area contributed by atoms with E-state index in [-0.39, 0.29) is 11.0 Å². The lowest BCUT2D eigenvalue weighted by atomic mass is 10.2. The number of hydrogen-bond donors (Lipinski definition) is 1. The summed E-state index contributed by atoms with van der Waals surface area (Å²) in [7, 11) is 1.62. The summed E-state index contributed by atoms with van der Waals surface area (Å²) in [5, 5.41) is 2.57. The Morgan fingerprint density at radius 2 is 2.00 bits per heavy atom. The molecule has 0 radical (unpaired) electrons. The fourth-order valence-corrected chi connectivity index (χ4v) is 1.58. The smallest absolute Gasteiger partial charge is 0.385 e. The Morgan fingerprint density at radius 1 is 1.26 bits per heavy atom. The largest absolute Gasteiger partial charge is 0.451 e. The highest BCUT2D eigenvalue weighted by Crippen LogP contribution is 2.28. The van der Waals surface area contributed by atoms with Crippen molar-refractivity contribution in [2.75, 3.05) is 25.6 Å². The molecule has 1 N–H and O–H groups in total. The normalized spacial score (nSPS) is 11.6. The van der Waals surface area contributed by atoms with E-state index in [0.29, 0.717) is 13.2 Å². The Kier molecular flexibility index (Phi) is 6.30. The second kappa shape index (κ2) is 7.49. The van der Waals surface area contributed by atoms with Gasteiger partial charge in [0.05, 0.1) is 0 Å². The molecule has 0 aliphatic rings. The Balaban J connectivity index is 2.48. The minimum Gasteiger partial charge on any atom is -0.385 e. The number of methoxy groups -OCH3 is 1. The monoisotopic (exact) mass is 297 g/mol. The van der Waals surface area contributed by atoms with Gasteiger partial charge >= 0.3 is 6.18 Å². The first-order valence-electron chi connectivity index (χ1n) is 5.78. The van der Waals surface area contributed by atoms with Crippen LogP contribution in [0.15, 0.2) is 6.07 Å². The zero-order chi connectivity index (χ0) is 14.3. The van der Waals surface area contributed by atoms with Gasteiger partial charge in [0.2, 0.25) is 5.82 Å². The van der Waals surface area contributed by atoms with Crippen LogP contribution in [0.1, 0.15) is 25.1 Å². The van der Waals surface area contributed by atoms with Gasteiger partial charge < -0.3 is 10.1 Å². The Hall–Kier alpha value is -1.08. The van der Waals surface area contributed by atoms with E-state index in [1.807, 2.05) is 0 Å². The highest BCUT2D eigenvalue weighted by molar-refractivity contribution is 6.29. The van der Waals surface area contributed by atoms with Gasteiger partial charge in [0.15, 0.2) is 0 Å². The maximum atomic E-state index is 12.5. The topological polar surface area (TPSA) is 47.0 Å². The summed E-state index contributed by atoms with van der Waals surface area (Å²) >= 11 is 5.53. The maximum absolute atomic E-state index is 12.5. The second-order valence-corrected chi connectivity index (χ2v) is 4.26. The molecular formula is C11H15ClF3N3O. The highest BCUT2D eigenvalue weighted by Gasteiger charge is 2.35. The molecule has 0 unspecified atom stereocenters. The van der Waals surface area contributed by atoms with Crippen LogP contribution in [0.4, 0.5) is 19.0 Å². The molecule has 1 rings (SSSR count). The average molecular weight is 298 g/mol. The predicted octanol–water partition coefficient (Wildman–Crippen LogP) is 3.38. The van der Waals surface area contributed by atoms with Gasteiger partial charge in [0, 0.05) is 26.3 Å². The quantitative estimate of drug-likeness (QED) is 0.619. The average Bonchev–Trinajstić information content (AvgIpc) is 2.32. The standard InChI is InChI=1S/C11H15ClF3N3O/c1-19-6-4-2-3-5-16-9-7-8(12)17-10(18-9)11(13,14)15/h7H,2-6H2,1H3,(H,16,17,18). The van der Waals surface area contributed by atoms with Crippen molar-refractivity contribution in [3.05, 3.63) is 17.0 Å². The highest BCUT2D eigenvalue weighted by atomic mass is 35.5. The van der Waals surface area contributed by atoms with Gasteiger partial charge in [-0.3, -0.25) is 0 Å². The minimum absolute atomic E-state index is 0.0825. The Bertz CT molecular complexity index is 401. The van der Waals surface area contributed by atoms with Crippen molar-refractivity contribution in [1.82, 2.24) is 9.97 Å². The first-order chi connectivity index (χ1) is 8.93. The van der Waals surface area contributed by atoms with E-state index in [1.54, 1.807) is 7.11 Å². The zero-order valence-electron chi connectivity index (χ0n) is 10.4. The van der Waals surface area contributed by atoms with E-state index in [2.05, 4.69) is 15.3 Å². The van der Waals surface area contributed by atoms with Gasteiger partial charge in [-0.2, -0.15) is 13.2 Å². The molecule has 4 nitrogen and oxygen atoms in total. The van der Waals surface area contributed by atoms with Gasteiger partial charge in [0.1, 0.15) is 11.0 Å². The van der Waals surface area contributed by atoms with Gasteiger partial charge in [-0.15, -0.1) is 0 Å². The summed E-state index contributed by atoms with van der Waals surface area (Å²) in [4.78, 5) is 6.53. The SMILES string of the molecule is COCCCCCNc1cc(Cl)nc(C(F)(F)F)n1. The fraction of sp³-hybridized carbons (Fsp3) is 0.636. The Morgan fingerprint density at radius 3 is 2.63 bits per heavy atom. The summed E-state index contributed by atoms with van der Waals surface area (Å²) in [6.45, 7) is 1.20. The van der Waals surface area contributed by atoms with Crippen LogP contribution in [-0.4, -0.2) is 30.2 Å². The van der Waals surface area contributed by atoms with Crippen LogP contribution in [0.5, 0.6) is 0 Å². The predicted molar refractivity (Wildman–Crippen MR) is 66.3 cm³/mol. The molecule has 0 aliphatic heterocycles. The summed E-state index contributed by atoms with van der Waals surface area (Å²) in [6, 6.07) is 1.27. The van der Waals surface area contributed by atoms with Gasteiger partial charge in [0.25, 0.3) is 0 Å². The van der Waals surface area contributed by atoms with E-state index in [0.717, 1.165) is 19.3 Å². The van der Waals surface area contributed by atoms with Crippen LogP contribution in [-0.2, 0) is 10.9 Å². The first kappa shape index (κ1) is 16.0. The summed E-state index contributed by atoms with van der Waals surface area (Å²) in [5.41, 5.74) is 0. The Labute approximate surface area is 114 Å². The van der Waals surface area contributed by atoms with Crippen LogP contribution in [0.3, 0.4) is 0 Å². The molecule has 0 aromatic carbocycles. The molecule has 0 atom stereocenters. The lowest BCUT2D eigenvalue weighted by molar-refractivity contribution is -0.144. The first-order valence-corrected chi connectivity index (χ1v) is 6.16. The van der Waals surface area contributed by atoms with Crippen molar-refractivity contribution in [1.29, 1.82) is 0 Å². The second-order valence-electron chi connectivity index (χ2n) is 3.88. The number of nitrogens with zero attached hydrogens (tertiary/aromatic N) is 2. The molecule has 19 heavy (non-hydrogen) atoms. The van der Waals surface area contributed by atoms with Crippen LogP contribution >= 0.6 is 11.6 Å². The van der Waals surface area contributed by atoms with Crippen LogP contribution < -0.4 is 5.32 Å². The van der Waals surface area contributed by atoms with Crippen molar-refractivity contribution >= 4 is 17.4 Å². The van der Waals surface area contributed by atoms with Crippen molar-refractivity contribution in [2.45, 2.75) is 25.4 Å². The number of aromatic nitrogens is 2. The van der Waals surface area contributed by atoms with Gasteiger partial charge in [-0.25, -0.2) is 9.97 Å². The van der Waals surface area contributed by atoms with Crippen molar-refractivity contribution in [3.8, 4) is 0 Å². The third-order valence-electron chi connectivity index (χ3n) is 2.28. The van der Waals surface area contributed by atoms with Crippen LogP contribution in [0, 0.1) is 0 Å². The summed E-state index contributed by atoms with van der Waals surface area (Å²) in [5.74, 6) is -1.15. The molecule has 0 saturated heterocycles. The molecule has 0 fully saturated rings. The van der Waals surface area contributed by atoms with E-state index in [4.69, 9.17) is 16.3 Å². The maximum Gasteiger partial charge on any atom is 0.451 e. The zero-order valence-corrected chi connectivity index (χ0v) is 11.2. The molecule has 1 heterocycles. The number of nitrogens with one attached hydrogen (secondary N) is 1. The molecular weight excluding hydrogens is 283 g/mol. The summed E-state index contributed by atoms with van der Waals surface area (Å²) in [6.07, 6.45) is -1.95. The van der Waals surface area contributed by atoms with E-state index in [9.17, 15) is 13.2 Å². The molecule has 1 aromatic heterocycles. The number of alkyl halides is 3. The summed E-state index contributed by atoms with van der Waals surface area (Å²) < 4.78 is 42.2. The number of unbranched alkanes of at least 4 members (excludes halogenated alkanes) is 2. The molecule has 0 bridgehead atoms. The molecule has 1 aromatic rings. The van der Waals surface area contributed by atoms with Crippen molar-refractivity contribution < 1.29 is 17.9 Å². The number of hydrogen-bond acceptors (Lipinski definition) is 4. The van der Waals surface area contributed by atoms with Gasteiger partial charge in [-0.1, -0.05) is 11.6 Å². The van der Waals surface area contributed by atoms with Crippen LogP contribution in [0.25, 0.3) is 0 Å². The third-order valence-corrected chi connectivity index (χ3v) is 2.47. The number of halogens is 4. The molecule has 8 heteroatoms. The van der Waals surface area contributed by atoms with Gasteiger partial charge in [-0.05, 0) is 19.3 Å². The van der Waals surface area contributed by atoms with Crippen LogP contribution in [0.2, 0.25) is 5.15 Å². The number of rotatable bonds is 7. The lowest BCUT2D eigenvalue weighted by Crippen LogP contribution is -2.13. The van der Waals surface area contributed by atoms with E-state index >= 15 is 0 Å². The minimum atomic E-state index is -4.60. The van der Waals surface area contributed by atoms with Crippen molar-refractivity contribution in [2.24, 2.45) is 0 Å². The molecule has 0 aliphatic carbocycles. The van der Waals surface area contributed by atoms with Crippen molar-refractivity contribution in [3.63, 3.8) is 0 Å². The fourth-order valence-electron chi connectivity index (χ4n) is 1.40. The van der Waals surface area contributed by atoms with E-state index < -0.39 is 12.0 Å². The molecule has 0 saturated carbocycles. The molecule has 0 spiro atoms.